The molecule has 4 rings (SSSR count). The van der Waals surface area contributed by atoms with Crippen molar-refractivity contribution in [1.29, 1.82) is 0 Å². The highest BCUT2D eigenvalue weighted by molar-refractivity contribution is 7.14. The van der Waals surface area contributed by atoms with Gasteiger partial charge in [0, 0.05) is 22.6 Å². The molecule has 2 heterocycles. The number of nitrogens with zero attached hydrogens (tertiary/aromatic N) is 2. The second kappa shape index (κ2) is 9.55. The quantitative estimate of drug-likeness (QED) is 0.501. The molecule has 2 aromatic carbocycles. The van der Waals surface area contributed by atoms with Gasteiger partial charge in [0.2, 0.25) is 0 Å². The number of amides is 1. The first kappa shape index (κ1) is 20.8. The number of carbonyl (C=O) groups is 1. The van der Waals surface area contributed by atoms with Crippen molar-refractivity contribution in [2.45, 2.75) is 18.9 Å². The van der Waals surface area contributed by atoms with Crippen molar-refractivity contribution in [3.05, 3.63) is 64.8 Å². The molecule has 1 aliphatic heterocycles. The molecule has 0 spiro atoms. The summed E-state index contributed by atoms with van der Waals surface area (Å²) in [6, 6.07) is 13.0. The maximum absolute atomic E-state index is 13.2. The fourth-order valence-electron chi connectivity index (χ4n) is 3.17. The summed E-state index contributed by atoms with van der Waals surface area (Å²) in [6.45, 7) is 0.992. The topological polar surface area (TPSA) is 51.7 Å². The lowest BCUT2D eigenvalue weighted by Gasteiger charge is -2.23. The number of carbonyl (C=O) groups excluding carboxylic acids is 1. The van der Waals surface area contributed by atoms with Gasteiger partial charge in [-0.3, -0.25) is 9.69 Å². The Bertz CT molecular complexity index is 988. The Labute approximate surface area is 183 Å². The third-order valence-electron chi connectivity index (χ3n) is 4.75. The number of thiazole rings is 1. The first-order chi connectivity index (χ1) is 14.6. The fourth-order valence-corrected chi connectivity index (χ4v) is 4.16. The van der Waals surface area contributed by atoms with Gasteiger partial charge in [-0.1, -0.05) is 11.6 Å². The lowest BCUT2D eigenvalue weighted by atomic mass is 10.2. The van der Waals surface area contributed by atoms with Gasteiger partial charge in [0.05, 0.1) is 18.3 Å². The molecular formula is C22H20ClFN2O3S. The molecule has 0 unspecified atom stereocenters. The van der Waals surface area contributed by atoms with Gasteiger partial charge in [0.1, 0.15) is 11.6 Å². The Morgan fingerprint density at radius 2 is 2.00 bits per heavy atom. The highest BCUT2D eigenvalue weighted by Gasteiger charge is 2.26. The minimum atomic E-state index is -0.302. The molecular weight excluding hydrogens is 427 g/mol. The van der Waals surface area contributed by atoms with Gasteiger partial charge in [0.25, 0.3) is 5.91 Å². The van der Waals surface area contributed by atoms with Crippen LogP contribution in [-0.4, -0.2) is 36.8 Å². The second-order valence-electron chi connectivity index (χ2n) is 6.90. The van der Waals surface area contributed by atoms with Crippen LogP contribution in [0.3, 0.4) is 0 Å². The number of rotatable bonds is 7. The first-order valence-electron chi connectivity index (χ1n) is 9.60. The van der Waals surface area contributed by atoms with Crippen LogP contribution in [0.4, 0.5) is 9.52 Å². The van der Waals surface area contributed by atoms with E-state index in [1.807, 2.05) is 5.38 Å². The zero-order valence-electron chi connectivity index (χ0n) is 16.1. The summed E-state index contributed by atoms with van der Waals surface area (Å²) in [6.07, 6.45) is 1.85. The zero-order chi connectivity index (χ0) is 20.9. The maximum atomic E-state index is 13.2. The van der Waals surface area contributed by atoms with E-state index in [2.05, 4.69) is 4.98 Å². The Balaban J connectivity index is 1.51. The summed E-state index contributed by atoms with van der Waals surface area (Å²) in [5.74, 6) is 0.0557. The Kier molecular flexibility index (Phi) is 6.62. The van der Waals surface area contributed by atoms with Gasteiger partial charge >= 0.3 is 0 Å². The van der Waals surface area contributed by atoms with E-state index in [0.717, 1.165) is 18.4 Å². The second-order valence-corrected chi connectivity index (χ2v) is 8.18. The molecule has 0 saturated carbocycles. The largest absolute Gasteiger partial charge is 0.484 e. The number of ether oxygens (including phenoxy) is 2. The first-order valence-corrected chi connectivity index (χ1v) is 10.9. The van der Waals surface area contributed by atoms with Crippen molar-refractivity contribution in [1.82, 2.24) is 4.98 Å². The minimum Gasteiger partial charge on any atom is -0.484 e. The number of hydrogen-bond donors (Lipinski definition) is 0. The highest BCUT2D eigenvalue weighted by atomic mass is 35.5. The van der Waals surface area contributed by atoms with Gasteiger partial charge in [-0.15, -0.1) is 11.3 Å². The number of halogens is 2. The summed E-state index contributed by atoms with van der Waals surface area (Å²) in [5, 5.41) is 3.03. The molecule has 5 nitrogen and oxygen atoms in total. The van der Waals surface area contributed by atoms with Crippen LogP contribution in [0.15, 0.2) is 53.9 Å². The van der Waals surface area contributed by atoms with Gasteiger partial charge in [0.15, 0.2) is 11.7 Å². The zero-order valence-corrected chi connectivity index (χ0v) is 17.7. The lowest BCUT2D eigenvalue weighted by molar-refractivity contribution is -0.120. The van der Waals surface area contributed by atoms with Crippen LogP contribution in [0.5, 0.6) is 5.75 Å². The van der Waals surface area contributed by atoms with E-state index in [-0.39, 0.29) is 24.4 Å². The van der Waals surface area contributed by atoms with E-state index in [4.69, 9.17) is 21.1 Å². The molecule has 0 aliphatic carbocycles. The summed E-state index contributed by atoms with van der Waals surface area (Å²) in [4.78, 5) is 19.2. The Morgan fingerprint density at radius 3 is 2.70 bits per heavy atom. The molecule has 1 atom stereocenters. The third kappa shape index (κ3) is 5.16. The SMILES string of the molecule is O=C(COc1ccc(Cl)cc1)N(C[C@@H]1CCCO1)c1nc(-c2ccc(F)cc2)cs1. The van der Waals surface area contributed by atoms with Crippen molar-refractivity contribution in [2.24, 2.45) is 0 Å². The van der Waals surface area contributed by atoms with Crippen LogP contribution in [0, 0.1) is 5.82 Å². The highest BCUT2D eigenvalue weighted by Crippen LogP contribution is 2.29. The summed E-state index contributed by atoms with van der Waals surface area (Å²) in [5.41, 5.74) is 1.49. The average Bonchev–Trinajstić information content (AvgIpc) is 3.44. The molecule has 0 bridgehead atoms. The van der Waals surface area contributed by atoms with E-state index in [0.29, 0.717) is 34.7 Å². The van der Waals surface area contributed by atoms with Crippen LogP contribution in [0.25, 0.3) is 11.3 Å². The van der Waals surface area contributed by atoms with Crippen molar-refractivity contribution in [3.8, 4) is 17.0 Å². The maximum Gasteiger partial charge on any atom is 0.266 e. The molecule has 1 fully saturated rings. The Hall–Kier alpha value is -2.48. The molecule has 30 heavy (non-hydrogen) atoms. The predicted molar refractivity (Wildman–Crippen MR) is 116 cm³/mol. The standard InChI is InChI=1S/C22H20ClFN2O3S/c23-16-5-9-18(10-6-16)29-13-21(27)26(12-19-2-1-11-28-19)22-25-20(14-30-22)15-3-7-17(24)8-4-15/h3-10,14,19H,1-2,11-13H2/t19-/m0/s1. The monoisotopic (exact) mass is 446 g/mol. The van der Waals surface area contributed by atoms with Crippen molar-refractivity contribution in [2.75, 3.05) is 24.7 Å². The minimum absolute atomic E-state index is 0.0253. The summed E-state index contributed by atoms with van der Waals surface area (Å²) < 4.78 is 24.6. The molecule has 0 radical (unpaired) electrons. The van der Waals surface area contributed by atoms with Crippen molar-refractivity contribution < 1.29 is 18.7 Å². The number of benzene rings is 2. The van der Waals surface area contributed by atoms with Crippen LogP contribution >= 0.6 is 22.9 Å². The molecule has 1 amide bonds. The van der Waals surface area contributed by atoms with Crippen LogP contribution in [0.2, 0.25) is 5.02 Å². The molecule has 1 aromatic heterocycles. The third-order valence-corrected chi connectivity index (χ3v) is 5.87. The predicted octanol–water partition coefficient (Wildman–Crippen LogP) is 5.19. The van der Waals surface area contributed by atoms with Gasteiger partial charge < -0.3 is 9.47 Å². The van der Waals surface area contributed by atoms with Crippen molar-refractivity contribution in [3.63, 3.8) is 0 Å². The molecule has 1 saturated heterocycles. The van der Waals surface area contributed by atoms with Crippen molar-refractivity contribution >= 4 is 34.0 Å². The molecule has 156 valence electrons. The van der Waals surface area contributed by atoms with Gasteiger partial charge in [-0.25, -0.2) is 9.37 Å². The lowest BCUT2D eigenvalue weighted by Crippen LogP contribution is -2.40. The van der Waals surface area contributed by atoms with Gasteiger partial charge in [-0.05, 0) is 61.4 Å². The van der Waals surface area contributed by atoms with Crippen LogP contribution in [-0.2, 0) is 9.53 Å². The van der Waals surface area contributed by atoms with E-state index in [1.54, 1.807) is 41.3 Å². The molecule has 8 heteroatoms. The van der Waals surface area contributed by atoms with E-state index in [9.17, 15) is 9.18 Å². The van der Waals surface area contributed by atoms with E-state index >= 15 is 0 Å². The number of hydrogen-bond acceptors (Lipinski definition) is 5. The summed E-state index contributed by atoms with van der Waals surface area (Å²) >= 11 is 7.25. The van der Waals surface area contributed by atoms with Gasteiger partial charge in [-0.2, -0.15) is 0 Å². The summed E-state index contributed by atoms with van der Waals surface area (Å²) in [7, 11) is 0. The van der Waals surface area contributed by atoms with Crippen LogP contribution in [0.1, 0.15) is 12.8 Å². The Morgan fingerprint density at radius 1 is 1.23 bits per heavy atom. The average molecular weight is 447 g/mol. The van der Waals surface area contributed by atoms with E-state index < -0.39 is 0 Å². The fraction of sp³-hybridized carbons (Fsp3) is 0.273. The van der Waals surface area contributed by atoms with Crippen LogP contribution < -0.4 is 9.64 Å². The molecule has 0 N–H and O–H groups in total. The van der Waals surface area contributed by atoms with E-state index in [1.165, 1.54) is 23.5 Å². The smallest absolute Gasteiger partial charge is 0.266 e. The normalized spacial score (nSPS) is 15.9. The molecule has 3 aromatic rings. The number of anilines is 1. The number of aromatic nitrogens is 1. The molecule has 1 aliphatic rings.